The van der Waals surface area contributed by atoms with E-state index in [0.29, 0.717) is 25.3 Å². The number of benzene rings is 1. The number of aromatic nitrogens is 2. The van der Waals surface area contributed by atoms with Gasteiger partial charge in [-0.15, -0.1) is 0 Å². The molecule has 7 nitrogen and oxygen atoms in total. The Labute approximate surface area is 146 Å². The van der Waals surface area contributed by atoms with E-state index in [1.54, 1.807) is 11.0 Å². The van der Waals surface area contributed by atoms with Crippen LogP contribution in [0, 0.1) is 13.0 Å². The lowest BCUT2D eigenvalue weighted by Gasteiger charge is -2.15. The average Bonchev–Trinajstić information content (AvgIpc) is 3.22. The van der Waals surface area contributed by atoms with Crippen molar-refractivity contribution in [3.8, 4) is 16.9 Å². The molecule has 0 bridgehead atoms. The van der Waals surface area contributed by atoms with E-state index in [1.165, 1.54) is 0 Å². The van der Waals surface area contributed by atoms with E-state index in [4.69, 9.17) is 4.74 Å². The van der Waals surface area contributed by atoms with E-state index < -0.39 is 0 Å². The highest BCUT2D eigenvalue weighted by Gasteiger charge is 2.19. The number of rotatable bonds is 7. The Bertz CT molecular complexity index is 756. The van der Waals surface area contributed by atoms with Crippen molar-refractivity contribution in [2.45, 2.75) is 19.8 Å². The predicted octanol–water partition coefficient (Wildman–Crippen LogP) is 1.30. The number of H-pyrrole nitrogens is 1. The first-order chi connectivity index (χ1) is 12.1. The smallest absolute Gasteiger partial charge is 0.258 e. The maximum Gasteiger partial charge on any atom is 0.258 e. The number of carbonyl (C=O) groups is 2. The number of aryl methyl sites for hydroxylation is 1. The van der Waals surface area contributed by atoms with Gasteiger partial charge in [0.05, 0.1) is 5.69 Å². The standard InChI is InChI=1S/C18H21N4O3/c1-13-16(11-20-21-13)14-4-2-5-15(10-14)25-12-17(23)19-7-9-22-8-3-6-18(22)24/h4-5,10-11H,3,6-9,12H2,1H3,(H,19,23)(H,20,21). The SMILES string of the molecule is Cc1n[nH]cc1-c1c[c]cc(OCC(=O)NCCN2CCCC2=O)c1. The van der Waals surface area contributed by atoms with Gasteiger partial charge in [0.25, 0.3) is 5.91 Å². The van der Waals surface area contributed by atoms with E-state index in [-0.39, 0.29) is 18.4 Å². The normalized spacial score (nSPS) is 14.0. The summed E-state index contributed by atoms with van der Waals surface area (Å²) in [5.74, 6) is 0.520. The number of ether oxygens (including phenoxy) is 1. The van der Waals surface area contributed by atoms with Crippen molar-refractivity contribution in [1.29, 1.82) is 0 Å². The summed E-state index contributed by atoms with van der Waals surface area (Å²) in [5, 5.41) is 9.68. The predicted molar refractivity (Wildman–Crippen MR) is 91.9 cm³/mol. The van der Waals surface area contributed by atoms with Crippen LogP contribution in [0.4, 0.5) is 0 Å². The van der Waals surface area contributed by atoms with Crippen LogP contribution in [0.15, 0.2) is 24.4 Å². The van der Waals surface area contributed by atoms with E-state index in [9.17, 15) is 9.59 Å². The Kier molecular flexibility index (Phi) is 5.33. The zero-order valence-corrected chi connectivity index (χ0v) is 14.2. The van der Waals surface area contributed by atoms with E-state index in [1.807, 2.05) is 25.3 Å². The molecule has 0 aliphatic carbocycles. The molecule has 0 spiro atoms. The fourth-order valence-electron chi connectivity index (χ4n) is 2.81. The lowest BCUT2D eigenvalue weighted by atomic mass is 10.1. The third-order valence-corrected chi connectivity index (χ3v) is 4.15. The van der Waals surface area contributed by atoms with Crippen LogP contribution >= 0.6 is 0 Å². The van der Waals surface area contributed by atoms with Gasteiger partial charge in [0.15, 0.2) is 6.61 Å². The average molecular weight is 341 g/mol. The van der Waals surface area contributed by atoms with Gasteiger partial charge in [0.1, 0.15) is 5.75 Å². The minimum atomic E-state index is -0.212. The van der Waals surface area contributed by atoms with Crippen LogP contribution in [0.2, 0.25) is 0 Å². The highest BCUT2D eigenvalue weighted by molar-refractivity contribution is 5.79. The summed E-state index contributed by atoms with van der Waals surface area (Å²) in [6, 6.07) is 8.40. The summed E-state index contributed by atoms with van der Waals surface area (Å²) < 4.78 is 5.54. The fourth-order valence-corrected chi connectivity index (χ4v) is 2.81. The molecule has 0 saturated carbocycles. The van der Waals surface area contributed by atoms with Crippen LogP contribution in [0.3, 0.4) is 0 Å². The minimum absolute atomic E-state index is 0.0738. The molecule has 0 unspecified atom stereocenters. The molecule has 1 aromatic carbocycles. The highest BCUT2D eigenvalue weighted by atomic mass is 16.5. The number of nitrogens with zero attached hydrogens (tertiary/aromatic N) is 2. The van der Waals surface area contributed by atoms with Gasteiger partial charge in [-0.3, -0.25) is 14.7 Å². The number of nitrogens with one attached hydrogen (secondary N) is 2. The molecular weight excluding hydrogens is 320 g/mol. The first-order valence-electron chi connectivity index (χ1n) is 8.32. The third kappa shape index (κ3) is 4.37. The van der Waals surface area contributed by atoms with Gasteiger partial charge in [-0.1, -0.05) is 0 Å². The largest absolute Gasteiger partial charge is 0.484 e. The van der Waals surface area contributed by atoms with Gasteiger partial charge in [0, 0.05) is 37.8 Å². The molecular formula is C18H21N4O3. The van der Waals surface area contributed by atoms with Crippen LogP contribution in [0.1, 0.15) is 18.5 Å². The highest BCUT2D eigenvalue weighted by Crippen LogP contribution is 2.25. The maximum atomic E-state index is 11.9. The fraction of sp³-hybridized carbons (Fsp3) is 0.389. The van der Waals surface area contributed by atoms with Gasteiger partial charge < -0.3 is 15.0 Å². The molecule has 1 fully saturated rings. The third-order valence-electron chi connectivity index (χ3n) is 4.15. The number of hydrogen-bond donors (Lipinski definition) is 2. The molecule has 1 aliphatic rings. The summed E-state index contributed by atoms with van der Waals surface area (Å²) in [6.45, 7) is 3.61. The summed E-state index contributed by atoms with van der Waals surface area (Å²) in [7, 11) is 0. The maximum absolute atomic E-state index is 11.9. The van der Waals surface area contributed by atoms with Crippen LogP contribution < -0.4 is 10.1 Å². The van der Waals surface area contributed by atoms with Gasteiger partial charge in [0.2, 0.25) is 5.91 Å². The molecule has 7 heteroatoms. The summed E-state index contributed by atoms with van der Waals surface area (Å²) in [5.41, 5.74) is 2.79. The van der Waals surface area contributed by atoms with E-state index >= 15 is 0 Å². The Morgan fingerprint density at radius 3 is 3.08 bits per heavy atom. The second kappa shape index (κ2) is 7.83. The minimum Gasteiger partial charge on any atom is -0.484 e. The summed E-state index contributed by atoms with van der Waals surface area (Å²) >= 11 is 0. The number of likely N-dealkylation sites (tertiary alicyclic amines) is 1. The monoisotopic (exact) mass is 341 g/mol. The van der Waals surface area contributed by atoms with Gasteiger partial charge >= 0.3 is 0 Å². The van der Waals surface area contributed by atoms with Crippen LogP contribution in [-0.2, 0) is 9.59 Å². The molecule has 0 atom stereocenters. The molecule has 2 amide bonds. The molecule has 2 heterocycles. The van der Waals surface area contributed by atoms with E-state index in [0.717, 1.165) is 29.8 Å². The molecule has 2 N–H and O–H groups in total. The van der Waals surface area contributed by atoms with Crippen molar-refractivity contribution in [3.05, 3.63) is 36.2 Å². The quantitative estimate of drug-likeness (QED) is 0.795. The zero-order chi connectivity index (χ0) is 17.6. The van der Waals surface area contributed by atoms with Crippen molar-refractivity contribution in [3.63, 3.8) is 0 Å². The van der Waals surface area contributed by atoms with Crippen molar-refractivity contribution in [2.24, 2.45) is 0 Å². The molecule has 131 valence electrons. The molecule has 25 heavy (non-hydrogen) atoms. The van der Waals surface area contributed by atoms with Crippen LogP contribution in [0.25, 0.3) is 11.1 Å². The van der Waals surface area contributed by atoms with Crippen LogP contribution in [0.5, 0.6) is 5.75 Å². The van der Waals surface area contributed by atoms with Crippen molar-refractivity contribution >= 4 is 11.8 Å². The molecule has 3 rings (SSSR count). The molecule has 1 saturated heterocycles. The Balaban J connectivity index is 1.46. The molecule has 1 radical (unpaired) electrons. The summed E-state index contributed by atoms with van der Waals surface area (Å²) in [4.78, 5) is 25.1. The van der Waals surface area contributed by atoms with Crippen molar-refractivity contribution < 1.29 is 14.3 Å². The first kappa shape index (κ1) is 17.0. The number of amides is 2. The lowest BCUT2D eigenvalue weighted by molar-refractivity contribution is -0.128. The van der Waals surface area contributed by atoms with Crippen molar-refractivity contribution in [1.82, 2.24) is 20.4 Å². The summed E-state index contributed by atoms with van der Waals surface area (Å²) in [6.07, 6.45) is 3.33. The topological polar surface area (TPSA) is 87.3 Å². The van der Waals surface area contributed by atoms with Crippen molar-refractivity contribution in [2.75, 3.05) is 26.2 Å². The first-order valence-corrected chi connectivity index (χ1v) is 8.32. The van der Waals surface area contributed by atoms with E-state index in [2.05, 4.69) is 21.6 Å². The number of aromatic amines is 1. The van der Waals surface area contributed by atoms with Gasteiger partial charge in [-0.05, 0) is 43.2 Å². The Hall–Kier alpha value is -2.83. The molecule has 2 aromatic rings. The van der Waals surface area contributed by atoms with Gasteiger partial charge in [-0.2, -0.15) is 5.10 Å². The number of carbonyl (C=O) groups excluding carboxylic acids is 2. The number of hydrogen-bond acceptors (Lipinski definition) is 4. The second-order valence-electron chi connectivity index (χ2n) is 5.96. The lowest BCUT2D eigenvalue weighted by Crippen LogP contribution is -2.37. The van der Waals surface area contributed by atoms with Gasteiger partial charge in [-0.25, -0.2) is 0 Å². The molecule has 1 aromatic heterocycles. The Morgan fingerprint density at radius 2 is 2.36 bits per heavy atom. The zero-order valence-electron chi connectivity index (χ0n) is 14.2. The van der Waals surface area contributed by atoms with Crippen LogP contribution in [-0.4, -0.2) is 53.2 Å². The molecule has 1 aliphatic heterocycles. The second-order valence-corrected chi connectivity index (χ2v) is 5.96. The Morgan fingerprint density at radius 1 is 1.48 bits per heavy atom.